The normalized spacial score (nSPS) is 25.6. The summed E-state index contributed by atoms with van der Waals surface area (Å²) < 4.78 is 10.7. The number of aliphatic hydroxyl groups excluding tert-OH is 1. The monoisotopic (exact) mass is 291 g/mol. The highest BCUT2D eigenvalue weighted by Crippen LogP contribution is 2.37. The fourth-order valence-corrected chi connectivity index (χ4v) is 2.96. The predicted molar refractivity (Wildman–Crippen MR) is 75.7 cm³/mol. The number of nitrogens with zero attached hydrogens (tertiary/aromatic N) is 2. The molecule has 1 aliphatic carbocycles. The second-order valence-corrected chi connectivity index (χ2v) is 5.82. The molecule has 114 valence electrons. The van der Waals surface area contributed by atoms with Gasteiger partial charge in [0, 0.05) is 12.5 Å². The van der Waals surface area contributed by atoms with E-state index in [1.54, 1.807) is 0 Å². The van der Waals surface area contributed by atoms with Gasteiger partial charge in [-0.3, -0.25) is 0 Å². The molecule has 1 fully saturated rings. The highest BCUT2D eigenvalue weighted by atomic mass is 16.5. The molecule has 0 bridgehead atoms. The summed E-state index contributed by atoms with van der Waals surface area (Å²) in [6, 6.07) is 3.92. The number of rotatable bonds is 5. The van der Waals surface area contributed by atoms with Crippen LogP contribution in [-0.2, 0) is 6.54 Å². The Kier molecular flexibility index (Phi) is 4.07. The zero-order chi connectivity index (χ0) is 14.8. The first kappa shape index (κ1) is 14.3. The van der Waals surface area contributed by atoms with Crippen LogP contribution in [0.2, 0.25) is 0 Å². The Bertz CT molecular complexity index is 593. The van der Waals surface area contributed by atoms with Crippen molar-refractivity contribution in [3.63, 3.8) is 0 Å². The molecule has 2 N–H and O–H groups in total. The topological polar surface area (TPSA) is 84.3 Å². The van der Waals surface area contributed by atoms with Crippen molar-refractivity contribution in [3.05, 3.63) is 35.4 Å². The number of hydrogen-bond acceptors (Lipinski definition) is 6. The van der Waals surface area contributed by atoms with Crippen LogP contribution in [0.25, 0.3) is 0 Å². The van der Waals surface area contributed by atoms with E-state index in [2.05, 4.69) is 15.5 Å². The molecule has 0 unspecified atom stereocenters. The number of aliphatic hydroxyl groups is 1. The van der Waals surface area contributed by atoms with Gasteiger partial charge < -0.3 is 19.4 Å². The SMILES string of the molecule is Cc1noc([C@H]2C[C@H](CNCc3ccc(C)o3)[C@H](O)C2)n1. The Morgan fingerprint density at radius 3 is 2.86 bits per heavy atom. The first-order chi connectivity index (χ1) is 10.1. The molecule has 1 aliphatic rings. The smallest absolute Gasteiger partial charge is 0.229 e. The van der Waals surface area contributed by atoms with Gasteiger partial charge in [0.05, 0.1) is 12.6 Å². The molecule has 1 saturated carbocycles. The van der Waals surface area contributed by atoms with Gasteiger partial charge in [0.25, 0.3) is 0 Å². The van der Waals surface area contributed by atoms with Crippen LogP contribution in [0.15, 0.2) is 21.1 Å². The summed E-state index contributed by atoms with van der Waals surface area (Å²) >= 11 is 0. The van der Waals surface area contributed by atoms with Crippen LogP contribution in [-0.4, -0.2) is 27.9 Å². The maximum absolute atomic E-state index is 10.2. The van der Waals surface area contributed by atoms with E-state index in [1.165, 1.54) is 0 Å². The minimum absolute atomic E-state index is 0.166. The van der Waals surface area contributed by atoms with Crippen LogP contribution < -0.4 is 5.32 Å². The number of aromatic nitrogens is 2. The summed E-state index contributed by atoms with van der Waals surface area (Å²) in [6.45, 7) is 5.18. The zero-order valence-corrected chi connectivity index (χ0v) is 12.4. The van der Waals surface area contributed by atoms with Crippen LogP contribution in [0.3, 0.4) is 0 Å². The summed E-state index contributed by atoms with van der Waals surface area (Å²) in [4.78, 5) is 4.27. The van der Waals surface area contributed by atoms with Crippen molar-refractivity contribution in [1.82, 2.24) is 15.5 Å². The Labute approximate surface area is 123 Å². The van der Waals surface area contributed by atoms with Crippen molar-refractivity contribution in [3.8, 4) is 0 Å². The molecule has 2 aromatic heterocycles. The van der Waals surface area contributed by atoms with Gasteiger partial charge in [0.1, 0.15) is 11.5 Å². The molecule has 0 radical (unpaired) electrons. The van der Waals surface area contributed by atoms with E-state index < -0.39 is 0 Å². The van der Waals surface area contributed by atoms with Crippen molar-refractivity contribution < 1.29 is 14.0 Å². The van der Waals surface area contributed by atoms with E-state index in [0.29, 0.717) is 24.7 Å². The molecule has 2 aromatic rings. The van der Waals surface area contributed by atoms with Gasteiger partial charge >= 0.3 is 0 Å². The van der Waals surface area contributed by atoms with Crippen LogP contribution >= 0.6 is 0 Å². The van der Waals surface area contributed by atoms with Gasteiger partial charge in [-0.15, -0.1) is 0 Å². The van der Waals surface area contributed by atoms with Gasteiger partial charge in [-0.25, -0.2) is 0 Å². The molecule has 0 spiro atoms. The standard InChI is InChI=1S/C15H21N3O3/c1-9-3-4-13(20-9)8-16-7-12-5-11(6-14(12)19)15-17-10(2)18-21-15/h3-4,11-12,14,16,19H,5-8H2,1-2H3/t11-,12+,14+/m0/s1. The van der Waals surface area contributed by atoms with Crippen LogP contribution in [0.5, 0.6) is 0 Å². The lowest BCUT2D eigenvalue weighted by Crippen LogP contribution is -2.27. The van der Waals surface area contributed by atoms with Gasteiger partial charge in [-0.1, -0.05) is 5.16 Å². The molecule has 3 rings (SSSR count). The Morgan fingerprint density at radius 2 is 2.19 bits per heavy atom. The van der Waals surface area contributed by atoms with E-state index in [9.17, 15) is 5.11 Å². The molecule has 6 heteroatoms. The van der Waals surface area contributed by atoms with Crippen LogP contribution in [0, 0.1) is 19.8 Å². The molecule has 0 aromatic carbocycles. The lowest BCUT2D eigenvalue weighted by atomic mass is 10.0. The minimum atomic E-state index is -0.326. The van der Waals surface area contributed by atoms with Gasteiger partial charge in [0.15, 0.2) is 5.82 Å². The Hall–Kier alpha value is -1.66. The maximum Gasteiger partial charge on any atom is 0.229 e. The van der Waals surface area contributed by atoms with E-state index >= 15 is 0 Å². The van der Waals surface area contributed by atoms with Crippen LogP contribution in [0.1, 0.15) is 42.0 Å². The second kappa shape index (κ2) is 5.99. The third-order valence-corrected chi connectivity index (χ3v) is 4.05. The predicted octanol–water partition coefficient (Wildman–Crippen LogP) is 1.92. The molecule has 0 saturated heterocycles. The Balaban J connectivity index is 1.50. The van der Waals surface area contributed by atoms with Crippen molar-refractivity contribution in [2.24, 2.45) is 5.92 Å². The number of nitrogens with one attached hydrogen (secondary N) is 1. The summed E-state index contributed by atoms with van der Waals surface area (Å²) in [6.07, 6.45) is 1.23. The third-order valence-electron chi connectivity index (χ3n) is 4.05. The van der Waals surface area contributed by atoms with E-state index in [1.807, 2.05) is 26.0 Å². The quantitative estimate of drug-likeness (QED) is 0.875. The minimum Gasteiger partial charge on any atom is -0.465 e. The molecule has 2 heterocycles. The summed E-state index contributed by atoms with van der Waals surface area (Å²) in [7, 11) is 0. The van der Waals surface area contributed by atoms with Crippen molar-refractivity contribution >= 4 is 0 Å². The molecular formula is C15H21N3O3. The first-order valence-corrected chi connectivity index (χ1v) is 7.36. The summed E-state index contributed by atoms with van der Waals surface area (Å²) in [5.74, 6) is 3.51. The highest BCUT2D eigenvalue weighted by Gasteiger charge is 2.36. The number of hydrogen-bond donors (Lipinski definition) is 2. The summed E-state index contributed by atoms with van der Waals surface area (Å²) in [5.41, 5.74) is 0. The Morgan fingerprint density at radius 1 is 1.33 bits per heavy atom. The average Bonchev–Trinajstić information content (AvgIpc) is 3.12. The van der Waals surface area contributed by atoms with Gasteiger partial charge in [-0.05, 0) is 44.7 Å². The van der Waals surface area contributed by atoms with Gasteiger partial charge in [0.2, 0.25) is 5.89 Å². The third kappa shape index (κ3) is 3.33. The molecule has 21 heavy (non-hydrogen) atoms. The van der Waals surface area contributed by atoms with E-state index in [0.717, 1.165) is 24.5 Å². The van der Waals surface area contributed by atoms with Gasteiger partial charge in [-0.2, -0.15) is 4.98 Å². The van der Waals surface area contributed by atoms with Crippen molar-refractivity contribution in [2.75, 3.05) is 6.54 Å². The fraction of sp³-hybridized carbons (Fsp3) is 0.600. The first-order valence-electron chi connectivity index (χ1n) is 7.36. The van der Waals surface area contributed by atoms with Crippen molar-refractivity contribution in [1.29, 1.82) is 0 Å². The average molecular weight is 291 g/mol. The number of furan rings is 1. The number of aryl methyl sites for hydroxylation is 2. The largest absolute Gasteiger partial charge is 0.465 e. The molecular weight excluding hydrogens is 270 g/mol. The molecule has 0 aliphatic heterocycles. The fourth-order valence-electron chi connectivity index (χ4n) is 2.96. The van der Waals surface area contributed by atoms with E-state index in [-0.39, 0.29) is 17.9 Å². The molecule has 3 atom stereocenters. The molecule has 6 nitrogen and oxygen atoms in total. The van der Waals surface area contributed by atoms with E-state index in [4.69, 9.17) is 8.94 Å². The lowest BCUT2D eigenvalue weighted by Gasteiger charge is -2.14. The second-order valence-electron chi connectivity index (χ2n) is 5.82. The molecule has 0 amide bonds. The maximum atomic E-state index is 10.2. The highest BCUT2D eigenvalue weighted by molar-refractivity contribution is 5.05. The summed E-state index contributed by atoms with van der Waals surface area (Å²) in [5, 5.41) is 17.3. The zero-order valence-electron chi connectivity index (χ0n) is 12.4. The lowest BCUT2D eigenvalue weighted by molar-refractivity contribution is 0.130. The van der Waals surface area contributed by atoms with Crippen LogP contribution in [0.4, 0.5) is 0 Å². The van der Waals surface area contributed by atoms with Crippen molar-refractivity contribution in [2.45, 2.75) is 45.3 Å².